The van der Waals surface area contributed by atoms with Crippen LogP contribution in [0.1, 0.15) is 5.56 Å². The lowest BCUT2D eigenvalue weighted by atomic mass is 10.2. The van der Waals surface area contributed by atoms with Crippen molar-refractivity contribution in [3.05, 3.63) is 53.8 Å². The van der Waals surface area contributed by atoms with Gasteiger partial charge in [0.15, 0.2) is 11.5 Å². The van der Waals surface area contributed by atoms with Gasteiger partial charge in [0.25, 0.3) is 0 Å². The zero-order valence-corrected chi connectivity index (χ0v) is 12.8. The van der Waals surface area contributed by atoms with Gasteiger partial charge in [0, 0.05) is 5.56 Å². The number of nitrogen functional groups attached to an aromatic ring is 1. The molecule has 3 N–H and O–H groups in total. The van der Waals surface area contributed by atoms with Crippen LogP contribution in [0.25, 0.3) is 11.5 Å². The summed E-state index contributed by atoms with van der Waals surface area (Å²) in [6.45, 7) is 0.191. The van der Waals surface area contributed by atoms with Gasteiger partial charge >= 0.3 is 6.01 Å². The maximum absolute atomic E-state index is 13.2. The maximum Gasteiger partial charge on any atom is 0.330 e. The molecular formula is C16H15FN4O3. The summed E-state index contributed by atoms with van der Waals surface area (Å²) >= 11 is 0. The molecule has 0 fully saturated rings. The third-order valence-electron chi connectivity index (χ3n) is 3.24. The number of hydrogen-bond donors (Lipinski definition) is 2. The number of methoxy groups -OCH3 is 1. The van der Waals surface area contributed by atoms with Gasteiger partial charge < -0.3 is 13.9 Å². The van der Waals surface area contributed by atoms with E-state index >= 15 is 0 Å². The highest BCUT2D eigenvalue weighted by molar-refractivity contribution is 5.60. The average Bonchev–Trinajstić information content (AvgIpc) is 3.09. The quantitative estimate of drug-likeness (QED) is 0.530. The molecule has 3 aromatic rings. The molecule has 0 spiro atoms. The number of hydrogen-bond acceptors (Lipinski definition) is 7. The first kappa shape index (κ1) is 15.8. The predicted molar refractivity (Wildman–Crippen MR) is 84.8 cm³/mol. The number of nitrogens with one attached hydrogen (secondary N) is 1. The van der Waals surface area contributed by atoms with Crippen LogP contribution in [-0.4, -0.2) is 17.3 Å². The second-order valence-corrected chi connectivity index (χ2v) is 4.84. The number of nitrogens with zero attached hydrogens (tertiary/aromatic N) is 2. The summed E-state index contributed by atoms with van der Waals surface area (Å²) in [5.74, 6) is 6.19. The molecule has 0 bridgehead atoms. The Hall–Kier alpha value is -3.13. The van der Waals surface area contributed by atoms with Crippen LogP contribution in [0.2, 0.25) is 0 Å². The molecule has 24 heavy (non-hydrogen) atoms. The van der Waals surface area contributed by atoms with Gasteiger partial charge in [-0.05, 0) is 35.9 Å². The van der Waals surface area contributed by atoms with Crippen molar-refractivity contribution >= 4 is 6.01 Å². The molecule has 3 rings (SSSR count). The molecule has 0 amide bonds. The summed E-state index contributed by atoms with van der Waals surface area (Å²) in [5, 5.41) is 7.60. The molecule has 124 valence electrons. The third-order valence-corrected chi connectivity index (χ3v) is 3.24. The van der Waals surface area contributed by atoms with E-state index in [2.05, 4.69) is 15.6 Å². The highest BCUT2D eigenvalue weighted by Gasteiger charge is 2.12. The number of aromatic nitrogens is 2. The van der Waals surface area contributed by atoms with Crippen LogP contribution in [-0.2, 0) is 6.61 Å². The van der Waals surface area contributed by atoms with Gasteiger partial charge in [0.2, 0.25) is 5.89 Å². The van der Waals surface area contributed by atoms with Crippen LogP contribution in [0.15, 0.2) is 46.9 Å². The molecule has 0 unspecified atom stereocenters. The van der Waals surface area contributed by atoms with E-state index in [1.807, 2.05) is 0 Å². The standard InChI is InChI=1S/C16H15FN4O3/c1-22-13-6-5-11(15-20-21-16(19-18)24-15)8-14(13)23-9-10-3-2-4-12(17)7-10/h2-8H,9,18H2,1H3,(H,19,21). The summed E-state index contributed by atoms with van der Waals surface area (Å²) < 4.78 is 29.6. The Labute approximate surface area is 137 Å². The Bertz CT molecular complexity index is 838. The maximum atomic E-state index is 13.2. The van der Waals surface area contributed by atoms with Gasteiger partial charge in [-0.15, -0.1) is 5.10 Å². The molecule has 0 saturated heterocycles. The van der Waals surface area contributed by atoms with Gasteiger partial charge in [-0.2, -0.15) is 0 Å². The van der Waals surface area contributed by atoms with E-state index in [0.717, 1.165) is 0 Å². The van der Waals surface area contributed by atoms with Crippen LogP contribution in [0, 0.1) is 5.82 Å². The first-order valence-corrected chi connectivity index (χ1v) is 7.05. The molecule has 0 aliphatic heterocycles. The highest BCUT2D eigenvalue weighted by Crippen LogP contribution is 2.33. The van der Waals surface area contributed by atoms with E-state index in [4.69, 9.17) is 19.7 Å². The Morgan fingerprint density at radius 2 is 2.04 bits per heavy atom. The summed E-state index contributed by atoms with van der Waals surface area (Å²) in [6.07, 6.45) is 0. The second-order valence-electron chi connectivity index (χ2n) is 4.84. The van der Waals surface area contributed by atoms with Gasteiger partial charge in [-0.25, -0.2) is 10.2 Å². The zero-order valence-electron chi connectivity index (χ0n) is 12.8. The van der Waals surface area contributed by atoms with Gasteiger partial charge in [-0.3, -0.25) is 5.43 Å². The smallest absolute Gasteiger partial charge is 0.330 e. The van der Waals surface area contributed by atoms with Gasteiger partial charge in [-0.1, -0.05) is 17.2 Å². The monoisotopic (exact) mass is 330 g/mol. The summed E-state index contributed by atoms with van der Waals surface area (Å²) in [7, 11) is 1.53. The summed E-state index contributed by atoms with van der Waals surface area (Å²) in [6, 6.07) is 11.5. The van der Waals surface area contributed by atoms with E-state index in [9.17, 15) is 4.39 Å². The molecular weight excluding hydrogens is 315 g/mol. The Morgan fingerprint density at radius 3 is 2.75 bits per heavy atom. The normalized spacial score (nSPS) is 10.5. The largest absolute Gasteiger partial charge is 0.493 e. The molecule has 1 aromatic heterocycles. The fourth-order valence-corrected chi connectivity index (χ4v) is 2.11. The molecule has 0 aliphatic carbocycles. The number of halogens is 1. The molecule has 7 nitrogen and oxygen atoms in total. The van der Waals surface area contributed by atoms with Crippen molar-refractivity contribution in [1.82, 2.24) is 10.2 Å². The minimum atomic E-state index is -0.315. The van der Waals surface area contributed by atoms with E-state index < -0.39 is 0 Å². The molecule has 2 aromatic carbocycles. The molecule has 0 atom stereocenters. The number of hydrazine groups is 1. The Kier molecular flexibility index (Phi) is 4.57. The number of anilines is 1. The summed E-state index contributed by atoms with van der Waals surface area (Å²) in [4.78, 5) is 0. The Balaban J connectivity index is 1.84. The van der Waals surface area contributed by atoms with Crippen LogP contribution in [0.4, 0.5) is 10.4 Å². The SMILES string of the molecule is COc1ccc(-c2nnc(NN)o2)cc1OCc1cccc(F)c1. The van der Waals surface area contributed by atoms with Crippen LogP contribution in [0.5, 0.6) is 11.5 Å². The van der Waals surface area contributed by atoms with Gasteiger partial charge in [0.05, 0.1) is 7.11 Å². The molecule has 0 saturated carbocycles. The zero-order chi connectivity index (χ0) is 16.9. The lowest BCUT2D eigenvalue weighted by Crippen LogP contribution is -2.06. The molecule has 8 heteroatoms. The number of ether oxygens (including phenoxy) is 2. The molecule has 0 radical (unpaired) electrons. The number of rotatable bonds is 6. The van der Waals surface area contributed by atoms with Crippen LogP contribution < -0.4 is 20.7 Å². The van der Waals surface area contributed by atoms with E-state index in [0.29, 0.717) is 22.6 Å². The van der Waals surface area contributed by atoms with E-state index in [1.165, 1.54) is 19.2 Å². The lowest BCUT2D eigenvalue weighted by molar-refractivity contribution is 0.284. The van der Waals surface area contributed by atoms with Crippen LogP contribution >= 0.6 is 0 Å². The van der Waals surface area contributed by atoms with Crippen LogP contribution in [0.3, 0.4) is 0 Å². The van der Waals surface area contributed by atoms with E-state index in [-0.39, 0.29) is 24.3 Å². The number of nitrogens with two attached hydrogens (primary N) is 1. The minimum Gasteiger partial charge on any atom is -0.493 e. The summed E-state index contributed by atoms with van der Waals surface area (Å²) in [5.41, 5.74) is 3.62. The first-order chi connectivity index (χ1) is 11.7. The van der Waals surface area contributed by atoms with Crippen molar-refractivity contribution < 1.29 is 18.3 Å². The number of benzene rings is 2. The highest BCUT2D eigenvalue weighted by atomic mass is 19.1. The fourth-order valence-electron chi connectivity index (χ4n) is 2.11. The fraction of sp³-hybridized carbons (Fsp3) is 0.125. The third kappa shape index (κ3) is 3.44. The molecule has 1 heterocycles. The predicted octanol–water partition coefficient (Wildman–Crippen LogP) is 2.75. The molecule has 0 aliphatic rings. The minimum absolute atomic E-state index is 0.100. The Morgan fingerprint density at radius 1 is 1.17 bits per heavy atom. The lowest BCUT2D eigenvalue weighted by Gasteiger charge is -2.11. The van der Waals surface area contributed by atoms with Crippen molar-refractivity contribution in [1.29, 1.82) is 0 Å². The van der Waals surface area contributed by atoms with E-state index in [1.54, 1.807) is 30.3 Å². The topological polar surface area (TPSA) is 95.4 Å². The van der Waals surface area contributed by atoms with Gasteiger partial charge in [0.1, 0.15) is 12.4 Å². The second kappa shape index (κ2) is 6.97. The van der Waals surface area contributed by atoms with Crippen molar-refractivity contribution in [3.63, 3.8) is 0 Å². The first-order valence-electron chi connectivity index (χ1n) is 7.05. The van der Waals surface area contributed by atoms with Crippen molar-refractivity contribution in [2.24, 2.45) is 5.84 Å². The van der Waals surface area contributed by atoms with Crippen molar-refractivity contribution in [3.8, 4) is 23.0 Å². The average molecular weight is 330 g/mol. The van der Waals surface area contributed by atoms with Crippen molar-refractivity contribution in [2.75, 3.05) is 12.5 Å². The van der Waals surface area contributed by atoms with Crippen molar-refractivity contribution in [2.45, 2.75) is 6.61 Å².